The van der Waals surface area contributed by atoms with Gasteiger partial charge in [-0.05, 0) is 12.1 Å². The van der Waals surface area contributed by atoms with Crippen molar-refractivity contribution in [2.75, 3.05) is 0 Å². The van der Waals surface area contributed by atoms with Crippen molar-refractivity contribution in [2.24, 2.45) is 0 Å². The lowest BCUT2D eigenvalue weighted by Gasteiger charge is -2.01. The van der Waals surface area contributed by atoms with Crippen LogP contribution in [0.4, 0.5) is 0 Å². The van der Waals surface area contributed by atoms with Crippen LogP contribution in [0.1, 0.15) is 10.4 Å². The van der Waals surface area contributed by atoms with Gasteiger partial charge >= 0.3 is 0 Å². The molecular formula is C12H7ClN4O. The minimum Gasteiger partial charge on any atom is -0.330 e. The Morgan fingerprint density at radius 1 is 1.22 bits per heavy atom. The monoisotopic (exact) mass is 258 g/mol. The van der Waals surface area contributed by atoms with Gasteiger partial charge in [0.1, 0.15) is 22.8 Å². The number of rotatable bonds is 2. The third kappa shape index (κ3) is 1.56. The van der Waals surface area contributed by atoms with Crippen molar-refractivity contribution in [3.63, 3.8) is 0 Å². The van der Waals surface area contributed by atoms with Gasteiger partial charge in [0, 0.05) is 6.20 Å². The average molecular weight is 259 g/mol. The minimum atomic E-state index is 0.262. The molecule has 0 radical (unpaired) electrons. The fourth-order valence-corrected chi connectivity index (χ4v) is 2.05. The second-order valence-electron chi connectivity index (χ2n) is 3.63. The number of aromatic amines is 1. The van der Waals surface area contributed by atoms with Gasteiger partial charge < -0.3 is 4.98 Å². The summed E-state index contributed by atoms with van der Waals surface area (Å²) in [5, 5.41) is 0.855. The summed E-state index contributed by atoms with van der Waals surface area (Å²) < 4.78 is 0. The number of nitrogens with zero attached hydrogens (tertiary/aromatic N) is 3. The van der Waals surface area contributed by atoms with Crippen LogP contribution in [-0.4, -0.2) is 26.2 Å². The minimum absolute atomic E-state index is 0.262. The van der Waals surface area contributed by atoms with E-state index in [9.17, 15) is 4.79 Å². The molecule has 0 bridgehead atoms. The number of H-pyrrole nitrogens is 1. The summed E-state index contributed by atoms with van der Waals surface area (Å²) in [6.07, 6.45) is 3.77. The third-order valence-corrected chi connectivity index (χ3v) is 2.90. The number of hydrogen-bond donors (Lipinski definition) is 1. The number of aldehydes is 1. The summed E-state index contributed by atoms with van der Waals surface area (Å²) in [4.78, 5) is 26.4. The zero-order valence-corrected chi connectivity index (χ0v) is 9.85. The number of halogens is 1. The highest BCUT2D eigenvalue weighted by molar-refractivity contribution is 6.34. The number of pyridine rings is 1. The van der Waals surface area contributed by atoms with E-state index in [1.165, 1.54) is 6.33 Å². The molecule has 3 aromatic rings. The van der Waals surface area contributed by atoms with Crippen LogP contribution in [0.25, 0.3) is 22.4 Å². The molecule has 0 aliphatic carbocycles. The molecule has 0 atom stereocenters. The zero-order valence-electron chi connectivity index (χ0n) is 9.09. The van der Waals surface area contributed by atoms with Gasteiger partial charge in [-0.15, -0.1) is 0 Å². The molecule has 3 rings (SSSR count). The second-order valence-corrected chi connectivity index (χ2v) is 4.01. The van der Waals surface area contributed by atoms with E-state index >= 15 is 0 Å². The smallest absolute Gasteiger partial charge is 0.153 e. The normalized spacial score (nSPS) is 10.7. The highest BCUT2D eigenvalue weighted by atomic mass is 35.5. The van der Waals surface area contributed by atoms with Gasteiger partial charge in [0.05, 0.1) is 16.6 Å². The summed E-state index contributed by atoms with van der Waals surface area (Å²) in [6.45, 7) is 0. The lowest BCUT2D eigenvalue weighted by Crippen LogP contribution is -1.91. The van der Waals surface area contributed by atoms with Gasteiger partial charge in [-0.2, -0.15) is 0 Å². The Kier molecular flexibility index (Phi) is 2.53. The van der Waals surface area contributed by atoms with Crippen LogP contribution in [0, 0.1) is 0 Å². The Labute approximate surface area is 107 Å². The molecule has 0 aromatic carbocycles. The number of fused-ring (bicyclic) bond motifs is 1. The van der Waals surface area contributed by atoms with Gasteiger partial charge in [-0.25, -0.2) is 9.97 Å². The van der Waals surface area contributed by atoms with Crippen LogP contribution < -0.4 is 0 Å². The average Bonchev–Trinajstić information content (AvgIpc) is 2.74. The van der Waals surface area contributed by atoms with Crippen molar-refractivity contribution in [1.82, 2.24) is 19.9 Å². The summed E-state index contributed by atoms with van der Waals surface area (Å²) in [5.41, 5.74) is 2.14. The molecule has 18 heavy (non-hydrogen) atoms. The maximum atomic E-state index is 11.1. The lowest BCUT2D eigenvalue weighted by molar-refractivity contribution is 0.112. The molecule has 0 saturated heterocycles. The van der Waals surface area contributed by atoms with E-state index in [4.69, 9.17) is 11.6 Å². The standard InChI is InChI=1S/C12H7ClN4O/c13-11-7(5-18)9-10(8-3-1-2-4-14-8)15-6-16-12(9)17-11/h1-6H,(H,15,16,17). The highest BCUT2D eigenvalue weighted by Crippen LogP contribution is 2.30. The van der Waals surface area contributed by atoms with Gasteiger partial charge in [0.15, 0.2) is 6.29 Å². The van der Waals surface area contributed by atoms with Crippen LogP contribution in [0.2, 0.25) is 5.15 Å². The van der Waals surface area contributed by atoms with E-state index in [2.05, 4.69) is 19.9 Å². The van der Waals surface area contributed by atoms with Crippen molar-refractivity contribution in [3.05, 3.63) is 41.4 Å². The second kappa shape index (κ2) is 4.19. The van der Waals surface area contributed by atoms with Crippen molar-refractivity contribution in [3.8, 4) is 11.4 Å². The molecule has 5 nitrogen and oxygen atoms in total. The maximum absolute atomic E-state index is 11.1. The first-order valence-electron chi connectivity index (χ1n) is 5.20. The molecule has 1 N–H and O–H groups in total. The van der Waals surface area contributed by atoms with Crippen molar-refractivity contribution in [1.29, 1.82) is 0 Å². The number of hydrogen-bond acceptors (Lipinski definition) is 4. The molecule has 0 saturated carbocycles. The lowest BCUT2D eigenvalue weighted by atomic mass is 10.1. The number of carbonyl (C=O) groups is 1. The third-order valence-electron chi connectivity index (χ3n) is 2.61. The highest BCUT2D eigenvalue weighted by Gasteiger charge is 2.16. The number of carbonyl (C=O) groups excluding carboxylic acids is 1. The Hall–Kier alpha value is -2.27. The Morgan fingerprint density at radius 3 is 2.83 bits per heavy atom. The predicted octanol–water partition coefficient (Wildman–Crippen LogP) is 2.49. The molecule has 0 unspecified atom stereocenters. The molecule has 3 heterocycles. The molecule has 0 fully saturated rings. The molecule has 88 valence electrons. The summed E-state index contributed by atoms with van der Waals surface area (Å²) >= 11 is 5.95. The van der Waals surface area contributed by atoms with Crippen molar-refractivity contribution >= 4 is 28.9 Å². The van der Waals surface area contributed by atoms with E-state index in [1.54, 1.807) is 6.20 Å². The fraction of sp³-hybridized carbons (Fsp3) is 0. The first-order valence-corrected chi connectivity index (χ1v) is 5.58. The molecule has 3 aromatic heterocycles. The van der Waals surface area contributed by atoms with Gasteiger partial charge in [0.2, 0.25) is 0 Å². The first-order chi connectivity index (χ1) is 8.81. The number of nitrogens with one attached hydrogen (secondary N) is 1. The van der Waals surface area contributed by atoms with E-state index in [1.807, 2.05) is 18.2 Å². The van der Waals surface area contributed by atoms with E-state index in [0.717, 1.165) is 0 Å². The molecule has 0 aliphatic rings. The molecule has 0 aliphatic heterocycles. The Bertz CT molecular complexity index is 724. The Morgan fingerprint density at radius 2 is 2.11 bits per heavy atom. The topological polar surface area (TPSA) is 71.5 Å². The molecule has 6 heteroatoms. The van der Waals surface area contributed by atoms with Crippen LogP contribution in [0.5, 0.6) is 0 Å². The van der Waals surface area contributed by atoms with E-state index in [-0.39, 0.29) is 5.15 Å². The van der Waals surface area contributed by atoms with Gasteiger partial charge in [-0.1, -0.05) is 17.7 Å². The van der Waals surface area contributed by atoms with Crippen molar-refractivity contribution in [2.45, 2.75) is 0 Å². The summed E-state index contributed by atoms with van der Waals surface area (Å²) in [6, 6.07) is 5.48. The van der Waals surface area contributed by atoms with Crippen molar-refractivity contribution < 1.29 is 4.79 Å². The van der Waals surface area contributed by atoms with Crippen LogP contribution >= 0.6 is 11.6 Å². The van der Waals surface area contributed by atoms with Gasteiger partial charge in [-0.3, -0.25) is 9.78 Å². The largest absolute Gasteiger partial charge is 0.330 e. The molecule has 0 spiro atoms. The van der Waals surface area contributed by atoms with E-state index in [0.29, 0.717) is 34.3 Å². The quantitative estimate of drug-likeness (QED) is 0.717. The Balaban J connectivity index is 2.40. The van der Waals surface area contributed by atoms with Gasteiger partial charge in [0.25, 0.3) is 0 Å². The molecular weight excluding hydrogens is 252 g/mol. The summed E-state index contributed by atoms with van der Waals surface area (Å²) in [7, 11) is 0. The zero-order chi connectivity index (χ0) is 12.5. The number of aromatic nitrogens is 4. The van der Waals surface area contributed by atoms with Crippen LogP contribution in [-0.2, 0) is 0 Å². The fourth-order valence-electron chi connectivity index (χ4n) is 1.82. The van der Waals surface area contributed by atoms with E-state index < -0.39 is 0 Å². The summed E-state index contributed by atoms with van der Waals surface area (Å²) in [5.74, 6) is 0. The SMILES string of the molecule is O=Cc1c(Cl)[nH]c2ncnc(-c3ccccn3)c12. The van der Waals surface area contributed by atoms with Crippen LogP contribution in [0.15, 0.2) is 30.7 Å². The predicted molar refractivity (Wildman–Crippen MR) is 67.5 cm³/mol. The maximum Gasteiger partial charge on any atom is 0.153 e. The van der Waals surface area contributed by atoms with Crippen LogP contribution in [0.3, 0.4) is 0 Å². The first kappa shape index (κ1) is 10.9. The molecule has 0 amide bonds.